The molecule has 0 aromatic heterocycles. The summed E-state index contributed by atoms with van der Waals surface area (Å²) in [4.78, 5) is 11.9. The van der Waals surface area contributed by atoms with Crippen molar-refractivity contribution >= 4 is 6.09 Å². The third kappa shape index (κ3) is 4.10. The predicted molar refractivity (Wildman–Crippen MR) is 69.5 cm³/mol. The average Bonchev–Trinajstić information content (AvgIpc) is 2.25. The van der Waals surface area contributed by atoms with Crippen LogP contribution < -0.4 is 0 Å². The lowest BCUT2D eigenvalue weighted by Gasteiger charge is -2.19. The second kappa shape index (κ2) is 5.21. The largest absolute Gasteiger partial charge is 0.465 e. The minimum atomic E-state index is -0.878. The van der Waals surface area contributed by atoms with Gasteiger partial charge in [-0.3, -0.25) is 0 Å². The van der Waals surface area contributed by atoms with Gasteiger partial charge in [-0.15, -0.1) is 0 Å². The Hall–Kier alpha value is -1.51. The monoisotopic (exact) mass is 235 g/mol. The van der Waals surface area contributed by atoms with Gasteiger partial charge in [0.25, 0.3) is 0 Å². The van der Waals surface area contributed by atoms with E-state index < -0.39 is 6.09 Å². The molecule has 0 heterocycles. The molecule has 1 aromatic carbocycles. The van der Waals surface area contributed by atoms with Gasteiger partial charge >= 0.3 is 6.09 Å². The Morgan fingerprint density at radius 1 is 1.24 bits per heavy atom. The SMILES string of the molecule is CN(CCc1ccc(C(C)(C)C)cc1)C(=O)O. The van der Waals surface area contributed by atoms with Crippen molar-refractivity contribution in [2.24, 2.45) is 0 Å². The first-order valence-electron chi connectivity index (χ1n) is 5.84. The number of benzene rings is 1. The van der Waals surface area contributed by atoms with Gasteiger partial charge in [-0.05, 0) is 23.0 Å². The lowest BCUT2D eigenvalue weighted by atomic mass is 9.86. The van der Waals surface area contributed by atoms with Gasteiger partial charge in [-0.1, -0.05) is 45.0 Å². The van der Waals surface area contributed by atoms with Crippen LogP contribution in [0, 0.1) is 0 Å². The molecule has 0 saturated heterocycles. The molecule has 17 heavy (non-hydrogen) atoms. The van der Waals surface area contributed by atoms with Crippen LogP contribution in [-0.4, -0.2) is 29.7 Å². The van der Waals surface area contributed by atoms with E-state index >= 15 is 0 Å². The quantitative estimate of drug-likeness (QED) is 0.874. The van der Waals surface area contributed by atoms with Crippen molar-refractivity contribution in [3.8, 4) is 0 Å². The van der Waals surface area contributed by atoms with Gasteiger partial charge < -0.3 is 10.0 Å². The molecule has 0 unspecified atom stereocenters. The average molecular weight is 235 g/mol. The van der Waals surface area contributed by atoms with Crippen LogP contribution in [0.3, 0.4) is 0 Å². The number of carboxylic acid groups (broad SMARTS) is 1. The molecule has 0 aliphatic rings. The van der Waals surface area contributed by atoms with Gasteiger partial charge in [0.15, 0.2) is 0 Å². The van der Waals surface area contributed by atoms with Crippen LogP contribution in [0.25, 0.3) is 0 Å². The van der Waals surface area contributed by atoms with Gasteiger partial charge in [-0.25, -0.2) is 4.79 Å². The first-order chi connectivity index (χ1) is 7.80. The third-order valence-corrected chi connectivity index (χ3v) is 2.88. The molecule has 3 nitrogen and oxygen atoms in total. The van der Waals surface area contributed by atoms with Gasteiger partial charge in [0, 0.05) is 13.6 Å². The predicted octanol–water partition coefficient (Wildman–Crippen LogP) is 3.14. The van der Waals surface area contributed by atoms with E-state index in [1.165, 1.54) is 16.0 Å². The smallest absolute Gasteiger partial charge is 0.407 e. The van der Waals surface area contributed by atoms with Crippen LogP contribution in [0.15, 0.2) is 24.3 Å². The van der Waals surface area contributed by atoms with Gasteiger partial charge in [0.1, 0.15) is 0 Å². The Balaban J connectivity index is 2.60. The zero-order valence-electron chi connectivity index (χ0n) is 11.0. The van der Waals surface area contributed by atoms with Crippen molar-refractivity contribution in [3.63, 3.8) is 0 Å². The Labute approximate surface area is 103 Å². The van der Waals surface area contributed by atoms with Crippen molar-refractivity contribution in [1.29, 1.82) is 0 Å². The van der Waals surface area contributed by atoms with Crippen LogP contribution in [0.1, 0.15) is 31.9 Å². The fourth-order valence-electron chi connectivity index (χ4n) is 1.56. The Morgan fingerprint density at radius 3 is 2.18 bits per heavy atom. The van der Waals surface area contributed by atoms with E-state index in [0.29, 0.717) is 6.54 Å². The molecule has 94 valence electrons. The Bertz CT molecular complexity index is 376. The lowest BCUT2D eigenvalue weighted by Crippen LogP contribution is -2.26. The lowest BCUT2D eigenvalue weighted by molar-refractivity contribution is 0.156. The molecule has 1 amide bonds. The maximum absolute atomic E-state index is 10.6. The zero-order chi connectivity index (χ0) is 13.1. The standard InChI is InChI=1S/C14H21NO2/c1-14(2,3)12-7-5-11(6-8-12)9-10-15(4)13(16)17/h5-8H,9-10H2,1-4H3,(H,16,17). The van der Waals surface area contributed by atoms with E-state index in [0.717, 1.165) is 6.42 Å². The summed E-state index contributed by atoms with van der Waals surface area (Å²) in [6.45, 7) is 7.07. The van der Waals surface area contributed by atoms with Crippen molar-refractivity contribution in [3.05, 3.63) is 35.4 Å². The normalized spacial score (nSPS) is 11.3. The summed E-state index contributed by atoms with van der Waals surface area (Å²) in [5.41, 5.74) is 2.63. The highest BCUT2D eigenvalue weighted by atomic mass is 16.4. The molecule has 0 spiro atoms. The summed E-state index contributed by atoms with van der Waals surface area (Å²) in [5, 5.41) is 8.74. The first kappa shape index (κ1) is 13.6. The van der Waals surface area contributed by atoms with Gasteiger partial charge in [0.2, 0.25) is 0 Å². The van der Waals surface area contributed by atoms with Crippen LogP contribution in [0.5, 0.6) is 0 Å². The first-order valence-corrected chi connectivity index (χ1v) is 5.84. The van der Waals surface area contributed by atoms with E-state index in [2.05, 4.69) is 45.0 Å². The molecule has 0 radical (unpaired) electrons. The Kier molecular flexibility index (Phi) is 4.16. The van der Waals surface area contributed by atoms with Crippen LogP contribution >= 0.6 is 0 Å². The van der Waals surface area contributed by atoms with Crippen LogP contribution in [-0.2, 0) is 11.8 Å². The number of nitrogens with zero attached hydrogens (tertiary/aromatic N) is 1. The van der Waals surface area contributed by atoms with Crippen LogP contribution in [0.2, 0.25) is 0 Å². The third-order valence-electron chi connectivity index (χ3n) is 2.88. The molecular weight excluding hydrogens is 214 g/mol. The summed E-state index contributed by atoms with van der Waals surface area (Å²) in [7, 11) is 1.59. The minimum absolute atomic E-state index is 0.163. The highest BCUT2D eigenvalue weighted by molar-refractivity contribution is 5.64. The molecule has 0 aliphatic carbocycles. The van der Waals surface area contributed by atoms with E-state index in [-0.39, 0.29) is 5.41 Å². The van der Waals surface area contributed by atoms with Gasteiger partial charge in [0.05, 0.1) is 0 Å². The maximum Gasteiger partial charge on any atom is 0.407 e. The molecular formula is C14H21NO2. The Morgan fingerprint density at radius 2 is 1.76 bits per heavy atom. The number of rotatable bonds is 3. The van der Waals surface area contributed by atoms with E-state index in [1.807, 2.05) is 0 Å². The van der Waals surface area contributed by atoms with Crippen molar-refractivity contribution < 1.29 is 9.90 Å². The molecule has 0 aliphatic heterocycles. The minimum Gasteiger partial charge on any atom is -0.465 e. The van der Waals surface area contributed by atoms with E-state index in [1.54, 1.807) is 7.05 Å². The van der Waals surface area contributed by atoms with Crippen molar-refractivity contribution in [2.75, 3.05) is 13.6 Å². The topological polar surface area (TPSA) is 40.5 Å². The molecule has 0 bridgehead atoms. The highest BCUT2D eigenvalue weighted by Gasteiger charge is 2.13. The molecule has 1 aromatic rings. The number of likely N-dealkylation sites (N-methyl/N-ethyl adjacent to an activating group) is 1. The number of carbonyl (C=O) groups is 1. The summed E-state index contributed by atoms with van der Waals surface area (Å²) in [6.07, 6.45) is -0.121. The van der Waals surface area contributed by atoms with Crippen molar-refractivity contribution in [1.82, 2.24) is 4.90 Å². The highest BCUT2D eigenvalue weighted by Crippen LogP contribution is 2.22. The molecule has 0 atom stereocenters. The van der Waals surface area contributed by atoms with Crippen molar-refractivity contribution in [2.45, 2.75) is 32.6 Å². The fourth-order valence-corrected chi connectivity index (χ4v) is 1.56. The molecule has 3 heteroatoms. The molecule has 1 N–H and O–H groups in total. The fraction of sp³-hybridized carbons (Fsp3) is 0.500. The second-order valence-electron chi connectivity index (χ2n) is 5.40. The summed E-state index contributed by atoms with van der Waals surface area (Å²) >= 11 is 0. The second-order valence-corrected chi connectivity index (χ2v) is 5.40. The van der Waals surface area contributed by atoms with Crippen LogP contribution in [0.4, 0.5) is 4.79 Å². The molecule has 0 fully saturated rings. The zero-order valence-corrected chi connectivity index (χ0v) is 11.0. The maximum atomic E-state index is 10.6. The number of amides is 1. The summed E-state index contributed by atoms with van der Waals surface area (Å²) < 4.78 is 0. The number of hydrogen-bond donors (Lipinski definition) is 1. The molecule has 0 saturated carbocycles. The summed E-state index contributed by atoms with van der Waals surface area (Å²) in [5.74, 6) is 0. The van der Waals surface area contributed by atoms with Gasteiger partial charge in [-0.2, -0.15) is 0 Å². The number of hydrogen-bond acceptors (Lipinski definition) is 1. The van der Waals surface area contributed by atoms with E-state index in [4.69, 9.17) is 5.11 Å². The van der Waals surface area contributed by atoms with E-state index in [9.17, 15) is 4.79 Å². The molecule has 1 rings (SSSR count). The summed E-state index contributed by atoms with van der Waals surface area (Å²) in [6, 6.07) is 8.40.